The van der Waals surface area contributed by atoms with Crippen molar-refractivity contribution in [1.29, 1.82) is 0 Å². The van der Waals surface area contributed by atoms with E-state index >= 15 is 0 Å². The average molecular weight is 807 g/mol. The molecule has 2 aromatic heterocycles. The Morgan fingerprint density at radius 2 is 0.736 bits per heavy atom. The Hall–Kier alpha value is -5.68. The van der Waals surface area contributed by atoms with Crippen molar-refractivity contribution in [2.24, 2.45) is 0 Å². The van der Waals surface area contributed by atoms with Crippen molar-refractivity contribution in [3.63, 3.8) is 0 Å². The molecule has 0 amide bonds. The van der Waals surface area contributed by atoms with Gasteiger partial charge in [-0.15, -0.1) is 0 Å². The van der Waals surface area contributed by atoms with Crippen LogP contribution in [0.1, 0.15) is 22.3 Å². The van der Waals surface area contributed by atoms with Crippen LogP contribution in [0.15, 0.2) is 191 Å². The number of hydrogen-bond acceptors (Lipinski definition) is 0. The fraction of sp³-hybridized carbons (Fsp3) is 0.0204. The van der Waals surface area contributed by atoms with Crippen LogP contribution in [0.3, 0.4) is 0 Å². The molecule has 11 rings (SSSR count). The molecule has 0 atom stereocenters. The first-order chi connectivity index (χ1) is 26.1. The maximum absolute atomic E-state index is 3.91. The van der Waals surface area contributed by atoms with Crippen LogP contribution in [0.25, 0.3) is 66.1 Å². The van der Waals surface area contributed by atoms with Gasteiger partial charge in [-0.05, 0) is 118 Å². The molecule has 0 spiro atoms. The second-order valence-electron chi connectivity index (χ2n) is 14.0. The fourth-order valence-electron chi connectivity index (χ4n) is 9.18. The van der Waals surface area contributed by atoms with Crippen molar-refractivity contribution >= 4 is 75.5 Å². The lowest BCUT2D eigenvalue weighted by molar-refractivity contribution is 0.770. The summed E-state index contributed by atoms with van der Waals surface area (Å²) in [4.78, 5) is 0. The van der Waals surface area contributed by atoms with Gasteiger partial charge < -0.3 is 9.13 Å². The van der Waals surface area contributed by atoms with Gasteiger partial charge in [0, 0.05) is 41.9 Å². The van der Waals surface area contributed by atoms with E-state index in [1.807, 2.05) is 0 Å². The molecule has 0 radical (unpaired) electrons. The van der Waals surface area contributed by atoms with Crippen LogP contribution in [-0.4, -0.2) is 9.13 Å². The molecule has 0 saturated carbocycles. The molecule has 0 bridgehead atoms. The van der Waals surface area contributed by atoms with E-state index in [1.165, 1.54) is 77.0 Å². The second-order valence-corrected chi connectivity index (χ2v) is 15.8. The van der Waals surface area contributed by atoms with Crippen LogP contribution in [0.4, 0.5) is 0 Å². The molecule has 250 valence electrons. The molecule has 0 aliphatic heterocycles. The van der Waals surface area contributed by atoms with E-state index in [0.29, 0.717) is 0 Å². The molecule has 0 fully saturated rings. The number of para-hydroxylation sites is 4. The maximum Gasteiger partial charge on any atom is 0.0714 e. The molecule has 1 aliphatic rings. The fourth-order valence-corrected chi connectivity index (χ4v) is 9.90. The third-order valence-electron chi connectivity index (χ3n) is 11.3. The molecule has 8 aromatic carbocycles. The van der Waals surface area contributed by atoms with Crippen LogP contribution in [-0.2, 0) is 5.41 Å². The number of aromatic nitrogens is 2. The van der Waals surface area contributed by atoms with Gasteiger partial charge >= 0.3 is 0 Å². The highest BCUT2D eigenvalue weighted by Gasteiger charge is 2.47. The first-order valence-electron chi connectivity index (χ1n) is 17.9. The summed E-state index contributed by atoms with van der Waals surface area (Å²) in [6.45, 7) is 0. The molecule has 2 nitrogen and oxygen atoms in total. The van der Waals surface area contributed by atoms with Crippen LogP contribution in [0, 0.1) is 0 Å². The number of nitrogens with zero attached hydrogens (tertiary/aromatic N) is 2. The highest BCUT2D eigenvalue weighted by Crippen LogP contribution is 2.58. The monoisotopic (exact) mass is 804 g/mol. The van der Waals surface area contributed by atoms with Gasteiger partial charge in [0.25, 0.3) is 0 Å². The van der Waals surface area contributed by atoms with Crippen LogP contribution >= 0.6 is 31.9 Å². The highest BCUT2D eigenvalue weighted by atomic mass is 79.9. The van der Waals surface area contributed by atoms with Gasteiger partial charge in [0.1, 0.15) is 0 Å². The summed E-state index contributed by atoms with van der Waals surface area (Å²) in [5, 5.41) is 4.96. The molecule has 0 unspecified atom stereocenters. The topological polar surface area (TPSA) is 9.86 Å². The van der Waals surface area contributed by atoms with E-state index in [4.69, 9.17) is 0 Å². The van der Waals surface area contributed by atoms with E-state index in [2.05, 4.69) is 223 Å². The smallest absolute Gasteiger partial charge is 0.0714 e. The molecule has 53 heavy (non-hydrogen) atoms. The minimum Gasteiger partial charge on any atom is -0.309 e. The number of halogens is 2. The number of benzene rings is 8. The van der Waals surface area contributed by atoms with Crippen molar-refractivity contribution in [2.75, 3.05) is 0 Å². The van der Waals surface area contributed by atoms with Crippen molar-refractivity contribution in [1.82, 2.24) is 9.13 Å². The largest absolute Gasteiger partial charge is 0.309 e. The van der Waals surface area contributed by atoms with Gasteiger partial charge in [-0.1, -0.05) is 129 Å². The van der Waals surface area contributed by atoms with Gasteiger partial charge in [-0.25, -0.2) is 0 Å². The van der Waals surface area contributed by atoms with Crippen molar-refractivity contribution in [2.45, 2.75) is 5.41 Å². The van der Waals surface area contributed by atoms with Crippen LogP contribution < -0.4 is 0 Å². The van der Waals surface area contributed by atoms with E-state index in [1.54, 1.807) is 0 Å². The van der Waals surface area contributed by atoms with Gasteiger partial charge in [-0.3, -0.25) is 0 Å². The Morgan fingerprint density at radius 1 is 0.340 bits per heavy atom. The quantitative estimate of drug-likeness (QED) is 0.168. The summed E-state index contributed by atoms with van der Waals surface area (Å²) < 4.78 is 6.93. The zero-order valence-electron chi connectivity index (χ0n) is 28.5. The molecule has 2 heterocycles. The number of fused-ring (bicyclic) bond motifs is 9. The lowest BCUT2D eigenvalue weighted by Crippen LogP contribution is -2.28. The summed E-state index contributed by atoms with van der Waals surface area (Å²) in [5.41, 5.74) is 14.0. The minimum absolute atomic E-state index is 0.605. The van der Waals surface area contributed by atoms with E-state index in [-0.39, 0.29) is 0 Å². The number of hydrogen-bond donors (Lipinski definition) is 0. The van der Waals surface area contributed by atoms with E-state index < -0.39 is 5.41 Å². The van der Waals surface area contributed by atoms with Crippen molar-refractivity contribution in [3.05, 3.63) is 213 Å². The summed E-state index contributed by atoms with van der Waals surface area (Å²) in [6.07, 6.45) is 0. The second kappa shape index (κ2) is 11.7. The number of rotatable bonds is 4. The summed E-state index contributed by atoms with van der Waals surface area (Å²) in [5.74, 6) is 0. The Balaban J connectivity index is 1.28. The maximum atomic E-state index is 3.91. The first kappa shape index (κ1) is 30.9. The van der Waals surface area contributed by atoms with Gasteiger partial charge in [0.05, 0.1) is 27.5 Å². The standard InChI is InChI=1S/C49H30Br2N2/c50-33-21-23-37-38-24-22-34(51)30-44(38)49(43(37)29-33,31-19-25-47-41(27-31)39-15-7-9-17-45(39)52(47)35-11-3-1-4-12-35)32-20-26-48-42(28-32)40-16-8-10-18-46(40)53(48)36-13-5-2-6-14-36/h1-30H. The predicted octanol–water partition coefficient (Wildman–Crippen LogP) is 13.8. The van der Waals surface area contributed by atoms with E-state index in [9.17, 15) is 0 Å². The van der Waals surface area contributed by atoms with Crippen molar-refractivity contribution < 1.29 is 0 Å². The highest BCUT2D eigenvalue weighted by molar-refractivity contribution is 9.10. The van der Waals surface area contributed by atoms with Gasteiger partial charge in [0.2, 0.25) is 0 Å². The SMILES string of the molecule is Brc1ccc2c(c1)C(c1ccc3c(c1)c1ccccc1n3-c1ccccc1)(c1ccc3c(c1)c1ccccc1n3-c1ccccc1)c1cc(Br)ccc1-2. The molecular formula is C49H30Br2N2. The normalized spacial score (nSPS) is 13.2. The third kappa shape index (κ3) is 4.37. The predicted molar refractivity (Wildman–Crippen MR) is 228 cm³/mol. The molecule has 0 saturated heterocycles. The van der Waals surface area contributed by atoms with Crippen LogP contribution in [0.5, 0.6) is 0 Å². The first-order valence-corrected chi connectivity index (χ1v) is 19.5. The minimum atomic E-state index is -0.605. The molecule has 1 aliphatic carbocycles. The van der Waals surface area contributed by atoms with Crippen LogP contribution in [0.2, 0.25) is 0 Å². The summed E-state index contributed by atoms with van der Waals surface area (Å²) >= 11 is 7.82. The third-order valence-corrected chi connectivity index (χ3v) is 12.3. The Kier molecular flexibility index (Phi) is 6.80. The zero-order chi connectivity index (χ0) is 35.3. The Bertz CT molecular complexity index is 2870. The molecule has 10 aromatic rings. The van der Waals surface area contributed by atoms with Crippen molar-refractivity contribution in [3.8, 4) is 22.5 Å². The lowest BCUT2D eigenvalue weighted by atomic mass is 9.67. The zero-order valence-corrected chi connectivity index (χ0v) is 31.6. The van der Waals surface area contributed by atoms with Gasteiger partial charge in [0.15, 0.2) is 0 Å². The average Bonchev–Trinajstić information content (AvgIpc) is 3.81. The lowest BCUT2D eigenvalue weighted by Gasteiger charge is -2.34. The summed E-state index contributed by atoms with van der Waals surface area (Å²) in [6, 6.07) is 67.0. The summed E-state index contributed by atoms with van der Waals surface area (Å²) in [7, 11) is 0. The van der Waals surface area contributed by atoms with Gasteiger partial charge in [-0.2, -0.15) is 0 Å². The molecular weight excluding hydrogens is 776 g/mol. The van der Waals surface area contributed by atoms with E-state index in [0.717, 1.165) is 20.3 Å². The molecule has 4 heteroatoms. The Labute approximate surface area is 323 Å². The molecule has 0 N–H and O–H groups in total. The Morgan fingerprint density at radius 3 is 1.19 bits per heavy atom.